The second-order valence-electron chi connectivity index (χ2n) is 6.79. The SMILES string of the molecule is CN(CC1(CNC2CC2)CCCC1)C1CCSC1. The molecule has 0 radical (unpaired) electrons. The van der Waals surface area contributed by atoms with Crippen molar-refractivity contribution in [1.29, 1.82) is 0 Å². The Morgan fingerprint density at radius 1 is 1.22 bits per heavy atom. The molecule has 0 aromatic heterocycles. The van der Waals surface area contributed by atoms with E-state index in [1.165, 1.54) is 69.5 Å². The standard InChI is InChI=1S/C15H28N2S/c1-17(14-6-9-18-10-14)12-15(7-2-3-8-15)11-16-13-4-5-13/h13-14,16H,2-12H2,1H3. The number of hydrogen-bond donors (Lipinski definition) is 1. The normalized spacial score (nSPS) is 31.3. The van der Waals surface area contributed by atoms with Crippen molar-refractivity contribution in [3.63, 3.8) is 0 Å². The van der Waals surface area contributed by atoms with Crippen molar-refractivity contribution in [2.75, 3.05) is 31.6 Å². The fraction of sp³-hybridized carbons (Fsp3) is 1.00. The molecule has 3 fully saturated rings. The van der Waals surface area contributed by atoms with Gasteiger partial charge in [-0.3, -0.25) is 0 Å². The first-order chi connectivity index (χ1) is 8.77. The summed E-state index contributed by atoms with van der Waals surface area (Å²) >= 11 is 2.14. The van der Waals surface area contributed by atoms with Crippen LogP contribution >= 0.6 is 11.8 Å². The molecule has 3 rings (SSSR count). The van der Waals surface area contributed by atoms with Crippen molar-refractivity contribution in [3.8, 4) is 0 Å². The van der Waals surface area contributed by atoms with Crippen LogP contribution in [0.4, 0.5) is 0 Å². The van der Waals surface area contributed by atoms with Gasteiger partial charge in [0.2, 0.25) is 0 Å². The minimum Gasteiger partial charge on any atom is -0.313 e. The lowest BCUT2D eigenvalue weighted by molar-refractivity contribution is 0.143. The summed E-state index contributed by atoms with van der Waals surface area (Å²) in [7, 11) is 2.37. The Labute approximate surface area is 116 Å². The molecule has 1 atom stereocenters. The van der Waals surface area contributed by atoms with Crippen molar-refractivity contribution in [1.82, 2.24) is 10.2 Å². The van der Waals surface area contributed by atoms with E-state index in [2.05, 4.69) is 29.0 Å². The maximum atomic E-state index is 3.80. The van der Waals surface area contributed by atoms with Crippen molar-refractivity contribution in [2.45, 2.75) is 57.0 Å². The van der Waals surface area contributed by atoms with Gasteiger partial charge in [0.05, 0.1) is 0 Å². The monoisotopic (exact) mass is 268 g/mol. The van der Waals surface area contributed by atoms with E-state index < -0.39 is 0 Å². The van der Waals surface area contributed by atoms with Gasteiger partial charge in [0.15, 0.2) is 0 Å². The van der Waals surface area contributed by atoms with E-state index in [1.807, 2.05) is 0 Å². The molecular formula is C15H28N2S. The number of thioether (sulfide) groups is 1. The zero-order valence-electron chi connectivity index (χ0n) is 11.8. The Morgan fingerprint density at radius 3 is 2.61 bits per heavy atom. The smallest absolute Gasteiger partial charge is 0.0191 e. The molecule has 104 valence electrons. The van der Waals surface area contributed by atoms with Crippen molar-refractivity contribution in [2.24, 2.45) is 5.41 Å². The van der Waals surface area contributed by atoms with Crippen molar-refractivity contribution < 1.29 is 0 Å². The van der Waals surface area contributed by atoms with Gasteiger partial charge in [0, 0.05) is 30.9 Å². The van der Waals surface area contributed by atoms with Gasteiger partial charge >= 0.3 is 0 Å². The van der Waals surface area contributed by atoms with Crippen molar-refractivity contribution in [3.05, 3.63) is 0 Å². The molecule has 1 N–H and O–H groups in total. The highest BCUT2D eigenvalue weighted by Gasteiger charge is 2.37. The Morgan fingerprint density at radius 2 is 2.00 bits per heavy atom. The van der Waals surface area contributed by atoms with E-state index in [9.17, 15) is 0 Å². The molecule has 1 unspecified atom stereocenters. The number of hydrogen-bond acceptors (Lipinski definition) is 3. The van der Waals surface area contributed by atoms with Crippen molar-refractivity contribution >= 4 is 11.8 Å². The Balaban J connectivity index is 1.54. The quantitative estimate of drug-likeness (QED) is 0.797. The summed E-state index contributed by atoms with van der Waals surface area (Å²) in [6.45, 7) is 2.61. The highest BCUT2D eigenvalue weighted by molar-refractivity contribution is 7.99. The Kier molecular flexibility index (Phi) is 4.21. The highest BCUT2D eigenvalue weighted by Crippen LogP contribution is 2.39. The summed E-state index contributed by atoms with van der Waals surface area (Å²) in [4.78, 5) is 2.68. The molecule has 2 nitrogen and oxygen atoms in total. The van der Waals surface area contributed by atoms with Crippen LogP contribution in [0.15, 0.2) is 0 Å². The maximum Gasteiger partial charge on any atom is 0.0191 e. The minimum absolute atomic E-state index is 0.602. The van der Waals surface area contributed by atoms with E-state index in [4.69, 9.17) is 0 Å². The average Bonchev–Trinajstić information content (AvgIpc) is 2.87. The topological polar surface area (TPSA) is 15.3 Å². The van der Waals surface area contributed by atoms with Gasteiger partial charge in [-0.15, -0.1) is 0 Å². The lowest BCUT2D eigenvalue weighted by Gasteiger charge is -2.36. The summed E-state index contributed by atoms with van der Waals surface area (Å²) in [5.41, 5.74) is 0.602. The summed E-state index contributed by atoms with van der Waals surface area (Å²) < 4.78 is 0. The molecule has 3 heteroatoms. The predicted octanol–water partition coefficient (Wildman–Crippen LogP) is 2.74. The van der Waals surface area contributed by atoms with Crippen LogP contribution in [0.25, 0.3) is 0 Å². The number of nitrogens with one attached hydrogen (secondary N) is 1. The zero-order chi connectivity index (χ0) is 12.4. The number of nitrogens with zero attached hydrogens (tertiary/aromatic N) is 1. The van der Waals surface area contributed by atoms with Crippen LogP contribution in [-0.2, 0) is 0 Å². The van der Waals surface area contributed by atoms with Gasteiger partial charge in [-0.25, -0.2) is 0 Å². The van der Waals surface area contributed by atoms with Gasteiger partial charge in [0.1, 0.15) is 0 Å². The fourth-order valence-corrected chi connectivity index (χ4v) is 4.99. The van der Waals surface area contributed by atoms with E-state index in [-0.39, 0.29) is 0 Å². The molecule has 0 amide bonds. The largest absolute Gasteiger partial charge is 0.313 e. The van der Waals surface area contributed by atoms with Crippen LogP contribution in [0.2, 0.25) is 0 Å². The lowest BCUT2D eigenvalue weighted by atomic mass is 9.85. The predicted molar refractivity (Wildman–Crippen MR) is 80.3 cm³/mol. The van der Waals surface area contributed by atoms with E-state index in [0.29, 0.717) is 5.41 Å². The van der Waals surface area contributed by atoms with Crippen LogP contribution in [0.3, 0.4) is 0 Å². The summed E-state index contributed by atoms with van der Waals surface area (Å²) in [6.07, 6.45) is 10.1. The molecule has 1 aliphatic heterocycles. The molecule has 0 aromatic rings. The second-order valence-corrected chi connectivity index (χ2v) is 7.94. The molecule has 2 saturated carbocycles. The number of rotatable bonds is 6. The molecule has 0 aromatic carbocycles. The summed E-state index contributed by atoms with van der Waals surface area (Å²) in [6, 6.07) is 1.73. The summed E-state index contributed by atoms with van der Waals surface area (Å²) in [5.74, 6) is 2.74. The summed E-state index contributed by atoms with van der Waals surface area (Å²) in [5, 5.41) is 3.80. The average molecular weight is 268 g/mol. The first kappa shape index (κ1) is 13.3. The molecule has 2 aliphatic carbocycles. The van der Waals surface area contributed by atoms with Crippen LogP contribution < -0.4 is 5.32 Å². The zero-order valence-corrected chi connectivity index (χ0v) is 12.6. The third-order valence-corrected chi connectivity index (χ3v) is 6.27. The molecule has 0 spiro atoms. The van der Waals surface area contributed by atoms with E-state index >= 15 is 0 Å². The first-order valence-electron chi connectivity index (χ1n) is 7.79. The third kappa shape index (κ3) is 3.23. The van der Waals surface area contributed by atoms with Gasteiger partial charge in [-0.05, 0) is 50.3 Å². The molecule has 18 heavy (non-hydrogen) atoms. The van der Waals surface area contributed by atoms with Gasteiger partial charge in [-0.1, -0.05) is 12.8 Å². The van der Waals surface area contributed by atoms with Crippen LogP contribution in [0.1, 0.15) is 44.9 Å². The minimum atomic E-state index is 0.602. The molecule has 1 saturated heterocycles. The molecular weight excluding hydrogens is 240 g/mol. The first-order valence-corrected chi connectivity index (χ1v) is 8.94. The third-order valence-electron chi connectivity index (χ3n) is 5.12. The van der Waals surface area contributed by atoms with Gasteiger partial charge in [0.25, 0.3) is 0 Å². The van der Waals surface area contributed by atoms with Crippen LogP contribution in [0.5, 0.6) is 0 Å². The van der Waals surface area contributed by atoms with E-state index in [1.54, 1.807) is 0 Å². The van der Waals surface area contributed by atoms with Crippen LogP contribution in [0, 0.1) is 5.41 Å². The molecule has 0 bridgehead atoms. The molecule has 3 aliphatic rings. The second kappa shape index (κ2) is 5.72. The Hall–Kier alpha value is 0.270. The van der Waals surface area contributed by atoms with E-state index in [0.717, 1.165) is 12.1 Å². The maximum absolute atomic E-state index is 3.80. The lowest BCUT2D eigenvalue weighted by Crippen LogP contribution is -2.45. The van der Waals surface area contributed by atoms with Gasteiger partial charge in [-0.2, -0.15) is 11.8 Å². The van der Waals surface area contributed by atoms with Crippen LogP contribution in [-0.4, -0.2) is 48.6 Å². The highest BCUT2D eigenvalue weighted by atomic mass is 32.2. The fourth-order valence-electron chi connectivity index (χ4n) is 3.69. The Bertz CT molecular complexity index is 266. The van der Waals surface area contributed by atoms with Gasteiger partial charge < -0.3 is 10.2 Å². The molecule has 1 heterocycles.